The number of aromatic amines is 1. The summed E-state index contributed by atoms with van der Waals surface area (Å²) in [5.74, 6) is -0.0488. The molecule has 0 aliphatic carbocycles. The van der Waals surface area contributed by atoms with Crippen LogP contribution in [-0.2, 0) is 6.42 Å². The number of carbonyl (C=O) groups excluding carboxylic acids is 1. The van der Waals surface area contributed by atoms with Crippen LogP contribution in [-0.4, -0.2) is 22.4 Å². The zero-order valence-corrected chi connectivity index (χ0v) is 11.3. The summed E-state index contributed by atoms with van der Waals surface area (Å²) < 4.78 is 4.92. The lowest BCUT2D eigenvalue weighted by molar-refractivity contribution is 0.0926. The van der Waals surface area contributed by atoms with Crippen LogP contribution in [0.1, 0.15) is 16.1 Å². The molecule has 0 unspecified atom stereocenters. The number of nitrogens with zero attached hydrogens (tertiary/aromatic N) is 1. The lowest BCUT2D eigenvalue weighted by Gasteiger charge is -2.02. The molecule has 3 aromatic rings. The van der Waals surface area contributed by atoms with E-state index in [1.807, 2.05) is 24.4 Å². The summed E-state index contributed by atoms with van der Waals surface area (Å²) in [5, 5.41) is 4.56. The average molecular weight is 290 g/mol. The molecule has 2 N–H and O–H groups in total. The predicted octanol–water partition coefficient (Wildman–Crippen LogP) is 2.78. The number of carbonyl (C=O) groups is 1. The smallest absolute Gasteiger partial charge is 0.288 e. The monoisotopic (exact) mass is 289 g/mol. The second-order valence-electron chi connectivity index (χ2n) is 4.38. The van der Waals surface area contributed by atoms with Gasteiger partial charge >= 0.3 is 0 Å². The van der Waals surface area contributed by atoms with Crippen molar-refractivity contribution in [2.45, 2.75) is 6.42 Å². The summed E-state index contributed by atoms with van der Waals surface area (Å²) in [6.45, 7) is 0.513. The largest absolute Gasteiger partial charge is 0.438 e. The highest BCUT2D eigenvalue weighted by Gasteiger charge is 2.09. The van der Waals surface area contributed by atoms with E-state index < -0.39 is 0 Å². The standard InChI is InChI=1S/C14H12ClN3O2/c15-10-1-2-12-11(5-10)9(6-18-12)3-4-17-14(19)13-7-16-8-20-13/h1-2,5-8,18H,3-4H2,(H,17,19). The van der Waals surface area contributed by atoms with Crippen LogP contribution in [0.2, 0.25) is 5.02 Å². The third kappa shape index (κ3) is 2.53. The van der Waals surface area contributed by atoms with Gasteiger partial charge in [-0.1, -0.05) is 11.6 Å². The molecule has 5 nitrogen and oxygen atoms in total. The lowest BCUT2D eigenvalue weighted by atomic mass is 10.1. The van der Waals surface area contributed by atoms with Crippen LogP contribution < -0.4 is 5.32 Å². The van der Waals surface area contributed by atoms with Gasteiger partial charge in [0.15, 0.2) is 6.39 Å². The number of hydrogen-bond donors (Lipinski definition) is 2. The molecule has 0 saturated carbocycles. The van der Waals surface area contributed by atoms with E-state index in [0.717, 1.165) is 16.5 Å². The zero-order chi connectivity index (χ0) is 13.9. The van der Waals surface area contributed by atoms with E-state index in [1.54, 1.807) is 0 Å². The quantitative estimate of drug-likeness (QED) is 0.776. The van der Waals surface area contributed by atoms with Gasteiger partial charge in [-0.25, -0.2) is 4.98 Å². The van der Waals surface area contributed by atoms with Crippen LogP contribution in [0.3, 0.4) is 0 Å². The van der Waals surface area contributed by atoms with Gasteiger partial charge in [0.05, 0.1) is 6.20 Å². The van der Waals surface area contributed by atoms with E-state index in [1.165, 1.54) is 12.6 Å². The van der Waals surface area contributed by atoms with Crippen molar-refractivity contribution in [3.05, 3.63) is 53.3 Å². The fourth-order valence-electron chi connectivity index (χ4n) is 2.08. The van der Waals surface area contributed by atoms with Crippen LogP contribution in [0.4, 0.5) is 0 Å². The molecule has 102 valence electrons. The third-order valence-electron chi connectivity index (χ3n) is 3.07. The van der Waals surface area contributed by atoms with Gasteiger partial charge in [0, 0.05) is 28.7 Å². The molecule has 0 bridgehead atoms. The molecule has 2 heterocycles. The Bertz CT molecular complexity index is 734. The molecule has 1 aromatic carbocycles. The van der Waals surface area contributed by atoms with Gasteiger partial charge < -0.3 is 14.7 Å². The maximum atomic E-state index is 11.7. The van der Waals surface area contributed by atoms with Gasteiger partial charge in [-0.3, -0.25) is 4.79 Å². The number of nitrogens with one attached hydrogen (secondary N) is 2. The Morgan fingerprint density at radius 2 is 2.35 bits per heavy atom. The molecule has 1 amide bonds. The first-order chi connectivity index (χ1) is 9.74. The Kier molecular flexibility index (Phi) is 3.43. The van der Waals surface area contributed by atoms with Crippen molar-refractivity contribution in [3.63, 3.8) is 0 Å². The topological polar surface area (TPSA) is 70.9 Å². The molecule has 20 heavy (non-hydrogen) atoms. The first-order valence-corrected chi connectivity index (χ1v) is 6.54. The van der Waals surface area contributed by atoms with Gasteiger partial charge in [-0.2, -0.15) is 0 Å². The summed E-state index contributed by atoms with van der Waals surface area (Å²) >= 11 is 6.00. The predicted molar refractivity (Wildman–Crippen MR) is 75.8 cm³/mol. The number of amides is 1. The Morgan fingerprint density at radius 1 is 1.45 bits per heavy atom. The van der Waals surface area contributed by atoms with E-state index in [9.17, 15) is 4.79 Å². The van der Waals surface area contributed by atoms with Crippen molar-refractivity contribution >= 4 is 28.4 Å². The van der Waals surface area contributed by atoms with Crippen LogP contribution in [0, 0.1) is 0 Å². The SMILES string of the molecule is O=C(NCCc1c[nH]c2ccc(Cl)cc12)c1cnco1. The number of aromatic nitrogens is 2. The Hall–Kier alpha value is -2.27. The highest BCUT2D eigenvalue weighted by atomic mass is 35.5. The lowest BCUT2D eigenvalue weighted by Crippen LogP contribution is -2.25. The summed E-state index contributed by atoms with van der Waals surface area (Å²) in [5.41, 5.74) is 2.14. The maximum Gasteiger partial charge on any atom is 0.288 e. The van der Waals surface area contributed by atoms with Gasteiger partial charge in [0.1, 0.15) is 0 Å². The molecule has 0 spiro atoms. The first kappa shape index (κ1) is 12.7. The zero-order valence-electron chi connectivity index (χ0n) is 10.5. The van der Waals surface area contributed by atoms with Crippen molar-refractivity contribution in [3.8, 4) is 0 Å². The Balaban J connectivity index is 1.65. The summed E-state index contributed by atoms with van der Waals surface area (Å²) in [7, 11) is 0. The van der Waals surface area contributed by atoms with E-state index in [2.05, 4.69) is 15.3 Å². The van der Waals surface area contributed by atoms with E-state index in [-0.39, 0.29) is 11.7 Å². The molecule has 0 fully saturated rings. The molecule has 0 aliphatic rings. The summed E-state index contributed by atoms with van der Waals surface area (Å²) in [4.78, 5) is 18.6. The third-order valence-corrected chi connectivity index (χ3v) is 3.30. The normalized spacial score (nSPS) is 10.8. The highest BCUT2D eigenvalue weighted by molar-refractivity contribution is 6.31. The second-order valence-corrected chi connectivity index (χ2v) is 4.81. The van der Waals surface area contributed by atoms with Gasteiger partial charge in [-0.05, 0) is 30.2 Å². The van der Waals surface area contributed by atoms with Crippen LogP contribution >= 0.6 is 11.6 Å². The number of fused-ring (bicyclic) bond motifs is 1. The van der Waals surface area contributed by atoms with E-state index >= 15 is 0 Å². The number of rotatable bonds is 4. The van der Waals surface area contributed by atoms with Crippen molar-refractivity contribution < 1.29 is 9.21 Å². The minimum Gasteiger partial charge on any atom is -0.438 e. The molecule has 2 aromatic heterocycles. The Morgan fingerprint density at radius 3 is 3.15 bits per heavy atom. The van der Waals surface area contributed by atoms with Crippen molar-refractivity contribution in [1.29, 1.82) is 0 Å². The number of oxazole rings is 1. The number of halogens is 1. The molecule has 6 heteroatoms. The number of H-pyrrole nitrogens is 1. The van der Waals surface area contributed by atoms with Gasteiger partial charge in [0.2, 0.25) is 5.76 Å². The van der Waals surface area contributed by atoms with E-state index in [0.29, 0.717) is 18.0 Å². The molecule has 3 rings (SSSR count). The minimum absolute atomic E-state index is 0.215. The molecular formula is C14H12ClN3O2. The number of benzene rings is 1. The fraction of sp³-hybridized carbons (Fsp3) is 0.143. The second kappa shape index (κ2) is 5.38. The van der Waals surface area contributed by atoms with Crippen LogP contribution in [0.5, 0.6) is 0 Å². The first-order valence-electron chi connectivity index (χ1n) is 6.16. The van der Waals surface area contributed by atoms with Gasteiger partial charge in [-0.15, -0.1) is 0 Å². The molecule has 0 aliphatic heterocycles. The van der Waals surface area contributed by atoms with Crippen LogP contribution in [0.25, 0.3) is 10.9 Å². The highest BCUT2D eigenvalue weighted by Crippen LogP contribution is 2.22. The Labute approximate surface area is 120 Å². The fourth-order valence-corrected chi connectivity index (χ4v) is 2.26. The molecular weight excluding hydrogens is 278 g/mol. The number of hydrogen-bond acceptors (Lipinski definition) is 3. The van der Waals surface area contributed by atoms with Crippen molar-refractivity contribution in [2.75, 3.05) is 6.54 Å². The summed E-state index contributed by atoms with van der Waals surface area (Å²) in [6, 6.07) is 5.70. The van der Waals surface area contributed by atoms with E-state index in [4.69, 9.17) is 16.0 Å². The maximum absolute atomic E-state index is 11.7. The minimum atomic E-state index is -0.264. The average Bonchev–Trinajstić information content (AvgIpc) is 3.08. The van der Waals surface area contributed by atoms with Gasteiger partial charge in [0.25, 0.3) is 5.91 Å². The summed E-state index contributed by atoms with van der Waals surface area (Å²) in [6.07, 6.45) is 5.26. The molecule has 0 radical (unpaired) electrons. The molecule has 0 saturated heterocycles. The molecule has 0 atom stereocenters. The van der Waals surface area contributed by atoms with Crippen LogP contribution in [0.15, 0.2) is 41.4 Å². The van der Waals surface area contributed by atoms with Crippen molar-refractivity contribution in [2.24, 2.45) is 0 Å². The van der Waals surface area contributed by atoms with Crippen molar-refractivity contribution in [1.82, 2.24) is 15.3 Å².